The number of imidazole rings is 1. The van der Waals surface area contributed by atoms with Crippen LogP contribution >= 0.6 is 11.6 Å². The lowest BCUT2D eigenvalue weighted by atomic mass is 10.1. The van der Waals surface area contributed by atoms with Gasteiger partial charge in [0, 0.05) is 12.7 Å². The minimum absolute atomic E-state index is 0.379. The fourth-order valence-electron chi connectivity index (χ4n) is 2.59. The maximum Gasteiger partial charge on any atom is 0.163 e. The second-order valence-corrected chi connectivity index (χ2v) is 5.17. The molecule has 104 valence electrons. The zero-order chi connectivity index (χ0) is 14.3. The van der Waals surface area contributed by atoms with Gasteiger partial charge in [-0.3, -0.25) is 4.57 Å². The maximum atomic E-state index is 6.08. The lowest BCUT2D eigenvalue weighted by Crippen LogP contribution is -2.04. The quantitative estimate of drug-likeness (QED) is 0.693. The standard InChI is InChI=1S/C15H17ClN4/c1-4-11-6-5-7-12(8-11)20-13(9-16)17-14-10(2)18-19(3)15(14)20/h5-8H,4,9H2,1-3H3. The second kappa shape index (κ2) is 4.94. The Kier molecular flexibility index (Phi) is 3.26. The monoisotopic (exact) mass is 288 g/mol. The van der Waals surface area contributed by atoms with Gasteiger partial charge in [0.2, 0.25) is 0 Å². The first-order chi connectivity index (χ1) is 9.65. The summed E-state index contributed by atoms with van der Waals surface area (Å²) >= 11 is 6.08. The van der Waals surface area contributed by atoms with Crippen molar-refractivity contribution in [1.82, 2.24) is 19.3 Å². The summed E-state index contributed by atoms with van der Waals surface area (Å²) in [4.78, 5) is 4.63. The average molecular weight is 289 g/mol. The van der Waals surface area contributed by atoms with E-state index in [2.05, 4.69) is 45.8 Å². The molecule has 1 aromatic carbocycles. The van der Waals surface area contributed by atoms with Crippen LogP contribution in [0.5, 0.6) is 0 Å². The van der Waals surface area contributed by atoms with E-state index in [-0.39, 0.29) is 0 Å². The number of alkyl halides is 1. The summed E-state index contributed by atoms with van der Waals surface area (Å²) in [6, 6.07) is 8.46. The van der Waals surface area contributed by atoms with Crippen LogP contribution in [0.15, 0.2) is 24.3 Å². The van der Waals surface area contributed by atoms with E-state index >= 15 is 0 Å². The van der Waals surface area contributed by atoms with Crippen LogP contribution in [0.4, 0.5) is 0 Å². The Morgan fingerprint density at radius 1 is 1.30 bits per heavy atom. The molecule has 0 aliphatic heterocycles. The molecule has 3 rings (SSSR count). The van der Waals surface area contributed by atoms with Gasteiger partial charge in [-0.25, -0.2) is 9.67 Å². The summed E-state index contributed by atoms with van der Waals surface area (Å²) in [6.07, 6.45) is 1.01. The Balaban J connectivity index is 2.33. The largest absolute Gasteiger partial charge is 0.280 e. The van der Waals surface area contributed by atoms with Crippen molar-refractivity contribution in [3.8, 4) is 5.69 Å². The molecule has 0 unspecified atom stereocenters. The first-order valence-corrected chi connectivity index (χ1v) is 7.25. The number of halogens is 1. The molecule has 0 N–H and O–H groups in total. The molecule has 0 spiro atoms. The maximum absolute atomic E-state index is 6.08. The number of rotatable bonds is 3. The molecule has 2 heterocycles. The van der Waals surface area contributed by atoms with Gasteiger partial charge in [0.1, 0.15) is 11.3 Å². The zero-order valence-corrected chi connectivity index (χ0v) is 12.6. The van der Waals surface area contributed by atoms with Crippen LogP contribution in [0.25, 0.3) is 16.9 Å². The molecule has 0 radical (unpaired) electrons. The molecule has 0 amide bonds. The molecule has 0 atom stereocenters. The van der Waals surface area contributed by atoms with Crippen LogP contribution in [-0.2, 0) is 19.3 Å². The van der Waals surface area contributed by atoms with Gasteiger partial charge in [-0.15, -0.1) is 11.6 Å². The van der Waals surface area contributed by atoms with Gasteiger partial charge in [-0.2, -0.15) is 5.10 Å². The highest BCUT2D eigenvalue weighted by molar-refractivity contribution is 6.17. The Bertz CT molecular complexity index is 770. The number of aryl methyl sites for hydroxylation is 3. The van der Waals surface area contributed by atoms with Crippen LogP contribution in [-0.4, -0.2) is 19.3 Å². The highest BCUT2D eigenvalue weighted by Gasteiger charge is 2.17. The topological polar surface area (TPSA) is 35.6 Å². The molecule has 0 saturated heterocycles. The molecule has 0 fully saturated rings. The highest BCUT2D eigenvalue weighted by atomic mass is 35.5. The molecule has 0 bridgehead atoms. The number of nitrogens with zero attached hydrogens (tertiary/aromatic N) is 4. The predicted molar refractivity (Wildman–Crippen MR) is 81.5 cm³/mol. The normalized spacial score (nSPS) is 11.4. The number of fused-ring (bicyclic) bond motifs is 1. The van der Waals surface area contributed by atoms with Crippen molar-refractivity contribution in [3.63, 3.8) is 0 Å². The number of aromatic nitrogens is 4. The molecule has 0 aliphatic rings. The van der Waals surface area contributed by atoms with Crippen molar-refractivity contribution < 1.29 is 0 Å². The van der Waals surface area contributed by atoms with Crippen molar-refractivity contribution in [2.24, 2.45) is 7.05 Å². The molecule has 4 nitrogen and oxygen atoms in total. The van der Waals surface area contributed by atoms with Crippen molar-refractivity contribution in [3.05, 3.63) is 41.3 Å². The fraction of sp³-hybridized carbons (Fsp3) is 0.333. The van der Waals surface area contributed by atoms with Crippen LogP contribution in [0.3, 0.4) is 0 Å². The molecule has 0 saturated carbocycles. The third-order valence-corrected chi connectivity index (χ3v) is 3.81. The van der Waals surface area contributed by atoms with Gasteiger partial charge in [-0.1, -0.05) is 19.1 Å². The summed E-state index contributed by atoms with van der Waals surface area (Å²) in [5.41, 5.74) is 5.23. The van der Waals surface area contributed by atoms with Gasteiger partial charge < -0.3 is 0 Å². The average Bonchev–Trinajstić information content (AvgIpc) is 2.98. The van der Waals surface area contributed by atoms with Crippen molar-refractivity contribution in [1.29, 1.82) is 0 Å². The molecule has 5 heteroatoms. The molecule has 3 aromatic rings. The number of benzene rings is 1. The summed E-state index contributed by atoms with van der Waals surface area (Å²) < 4.78 is 3.97. The van der Waals surface area contributed by atoms with E-state index in [1.165, 1.54) is 5.56 Å². The summed E-state index contributed by atoms with van der Waals surface area (Å²) in [5, 5.41) is 4.44. The Morgan fingerprint density at radius 3 is 2.80 bits per heavy atom. The van der Waals surface area contributed by atoms with E-state index < -0.39 is 0 Å². The predicted octanol–water partition coefficient (Wildman–Crippen LogP) is 3.37. The molecule has 2 aromatic heterocycles. The molecular weight excluding hydrogens is 272 g/mol. The first kappa shape index (κ1) is 13.2. The van der Waals surface area contributed by atoms with Crippen molar-refractivity contribution in [2.75, 3.05) is 0 Å². The Labute approximate surface area is 123 Å². The number of hydrogen-bond acceptors (Lipinski definition) is 2. The molecular formula is C15H17ClN4. The summed E-state index contributed by atoms with van der Waals surface area (Å²) in [6.45, 7) is 4.12. The Morgan fingerprint density at radius 2 is 2.10 bits per heavy atom. The lowest BCUT2D eigenvalue weighted by molar-refractivity contribution is 0.755. The van der Waals surface area contributed by atoms with Crippen molar-refractivity contribution in [2.45, 2.75) is 26.1 Å². The smallest absolute Gasteiger partial charge is 0.163 e. The van der Waals surface area contributed by atoms with Crippen molar-refractivity contribution >= 4 is 22.8 Å². The van der Waals surface area contributed by atoms with E-state index in [1.54, 1.807) is 0 Å². The van der Waals surface area contributed by atoms with Gasteiger partial charge in [0.25, 0.3) is 0 Å². The number of hydrogen-bond donors (Lipinski definition) is 0. The van der Waals surface area contributed by atoms with Crippen LogP contribution in [0.2, 0.25) is 0 Å². The summed E-state index contributed by atoms with van der Waals surface area (Å²) in [7, 11) is 1.94. The van der Waals surface area contributed by atoms with Gasteiger partial charge in [-0.05, 0) is 31.0 Å². The zero-order valence-electron chi connectivity index (χ0n) is 11.9. The van der Waals surface area contributed by atoms with E-state index in [9.17, 15) is 0 Å². The molecule has 20 heavy (non-hydrogen) atoms. The van der Waals surface area contributed by atoms with E-state index in [0.29, 0.717) is 5.88 Å². The molecule has 0 aliphatic carbocycles. The van der Waals surface area contributed by atoms with E-state index in [0.717, 1.165) is 34.8 Å². The van der Waals surface area contributed by atoms with Crippen LogP contribution in [0.1, 0.15) is 24.0 Å². The third-order valence-electron chi connectivity index (χ3n) is 3.57. The van der Waals surface area contributed by atoms with Gasteiger partial charge >= 0.3 is 0 Å². The van der Waals surface area contributed by atoms with Crippen LogP contribution in [0, 0.1) is 6.92 Å². The highest BCUT2D eigenvalue weighted by Crippen LogP contribution is 2.25. The summed E-state index contributed by atoms with van der Waals surface area (Å²) in [5.74, 6) is 1.23. The first-order valence-electron chi connectivity index (χ1n) is 6.72. The van der Waals surface area contributed by atoms with Gasteiger partial charge in [0.05, 0.1) is 11.6 Å². The third kappa shape index (κ3) is 1.91. The minimum Gasteiger partial charge on any atom is -0.280 e. The van der Waals surface area contributed by atoms with Crippen LogP contribution < -0.4 is 0 Å². The minimum atomic E-state index is 0.379. The Hall–Kier alpha value is -1.81. The lowest BCUT2D eigenvalue weighted by Gasteiger charge is -2.09. The SMILES string of the molecule is CCc1cccc(-n2c(CCl)nc3c(C)nn(C)c32)c1. The van der Waals surface area contributed by atoms with E-state index in [1.807, 2.05) is 18.7 Å². The van der Waals surface area contributed by atoms with Gasteiger partial charge in [0.15, 0.2) is 5.65 Å². The van der Waals surface area contributed by atoms with E-state index in [4.69, 9.17) is 11.6 Å². The second-order valence-electron chi connectivity index (χ2n) is 4.90. The fourth-order valence-corrected chi connectivity index (χ4v) is 2.77.